The second-order valence-corrected chi connectivity index (χ2v) is 4.90. The maximum atomic E-state index is 10.8. The first-order valence-electron chi connectivity index (χ1n) is 6.05. The molecule has 1 unspecified atom stereocenters. The van der Waals surface area contributed by atoms with E-state index in [-0.39, 0.29) is 17.1 Å². The van der Waals surface area contributed by atoms with Crippen LogP contribution < -0.4 is 4.74 Å². The molecule has 0 aliphatic rings. The van der Waals surface area contributed by atoms with E-state index in [1.807, 2.05) is 0 Å². The van der Waals surface area contributed by atoms with Gasteiger partial charge in [-0.25, -0.2) is 0 Å². The highest BCUT2D eigenvalue weighted by molar-refractivity contribution is 6.30. The zero-order valence-electron chi connectivity index (χ0n) is 11.5. The van der Waals surface area contributed by atoms with Crippen LogP contribution in [0.25, 0.3) is 0 Å². The third-order valence-corrected chi connectivity index (χ3v) is 3.31. The Hall–Kier alpha value is -1.95. The minimum absolute atomic E-state index is 0.159. The number of ether oxygens (including phenoxy) is 2. The summed E-state index contributed by atoms with van der Waals surface area (Å²) in [7, 11) is 2.77. The van der Waals surface area contributed by atoms with E-state index in [0.29, 0.717) is 16.3 Å². The van der Waals surface area contributed by atoms with Crippen molar-refractivity contribution in [3.63, 3.8) is 0 Å². The summed E-state index contributed by atoms with van der Waals surface area (Å²) < 4.78 is 10.3. The highest BCUT2D eigenvalue weighted by Gasteiger charge is 2.33. The molecule has 21 heavy (non-hydrogen) atoms. The second-order valence-electron chi connectivity index (χ2n) is 4.47. The van der Waals surface area contributed by atoms with E-state index in [1.54, 1.807) is 12.1 Å². The van der Waals surface area contributed by atoms with Crippen LogP contribution in [0.5, 0.6) is 17.2 Å². The molecule has 2 aromatic carbocycles. The summed E-state index contributed by atoms with van der Waals surface area (Å²) in [6.45, 7) is 0. The van der Waals surface area contributed by atoms with Gasteiger partial charge >= 0.3 is 0 Å². The summed E-state index contributed by atoms with van der Waals surface area (Å²) in [5.41, 5.74) is 0.464. The summed E-state index contributed by atoms with van der Waals surface area (Å²) in [5.74, 6) is -1.85. The lowest BCUT2D eigenvalue weighted by Gasteiger charge is -2.28. The first kappa shape index (κ1) is 15.4. The molecule has 2 rings (SSSR count). The Labute approximate surface area is 126 Å². The van der Waals surface area contributed by atoms with Crippen molar-refractivity contribution in [3.05, 3.63) is 52.5 Å². The number of aromatic hydroxyl groups is 2. The molecular formula is C15H15ClO5. The number of halogens is 1. The topological polar surface area (TPSA) is 79.2 Å². The molecule has 0 amide bonds. The number of benzene rings is 2. The van der Waals surface area contributed by atoms with Crippen molar-refractivity contribution in [2.75, 3.05) is 14.2 Å². The molecule has 112 valence electrons. The predicted octanol–water partition coefficient (Wildman–Crippen LogP) is 2.60. The maximum absolute atomic E-state index is 10.8. The Morgan fingerprint density at radius 2 is 1.48 bits per heavy atom. The smallest absolute Gasteiger partial charge is 0.220 e. The number of hydrogen-bond acceptors (Lipinski definition) is 5. The summed E-state index contributed by atoms with van der Waals surface area (Å²) in [5, 5.41) is 30.3. The van der Waals surface area contributed by atoms with Gasteiger partial charge in [0.15, 0.2) is 0 Å². The van der Waals surface area contributed by atoms with Crippen LogP contribution in [0, 0.1) is 0 Å². The van der Waals surface area contributed by atoms with E-state index in [2.05, 4.69) is 0 Å². The Kier molecular flexibility index (Phi) is 4.27. The molecule has 6 heteroatoms. The van der Waals surface area contributed by atoms with Gasteiger partial charge < -0.3 is 24.8 Å². The lowest BCUT2D eigenvalue weighted by atomic mass is 9.96. The van der Waals surface area contributed by atoms with Gasteiger partial charge in [0, 0.05) is 29.3 Å². The van der Waals surface area contributed by atoms with E-state index in [1.165, 1.54) is 32.4 Å². The van der Waals surface area contributed by atoms with Gasteiger partial charge in [0.2, 0.25) is 5.79 Å². The van der Waals surface area contributed by atoms with Crippen molar-refractivity contribution in [1.82, 2.24) is 0 Å². The molecule has 2 aromatic rings. The van der Waals surface area contributed by atoms with Crippen LogP contribution in [0.4, 0.5) is 0 Å². The van der Waals surface area contributed by atoms with E-state index in [9.17, 15) is 15.3 Å². The molecule has 3 N–H and O–H groups in total. The molecule has 1 atom stereocenters. The van der Waals surface area contributed by atoms with Gasteiger partial charge in [0.25, 0.3) is 0 Å². The standard InChI is InChI=1S/C15H15ClO5/c1-20-14-6-9(3-11(16)7-14)15(19,21-2)10-4-12(17)8-13(18)5-10/h3-8,17-19H,1-2H3. The van der Waals surface area contributed by atoms with Crippen molar-refractivity contribution in [3.8, 4) is 17.2 Å². The number of rotatable bonds is 4. The second kappa shape index (κ2) is 5.81. The molecule has 0 heterocycles. The fourth-order valence-corrected chi connectivity index (χ4v) is 2.29. The fourth-order valence-electron chi connectivity index (χ4n) is 2.07. The van der Waals surface area contributed by atoms with Gasteiger partial charge in [-0.05, 0) is 30.3 Å². The Morgan fingerprint density at radius 1 is 0.905 bits per heavy atom. The van der Waals surface area contributed by atoms with Crippen LogP contribution in [0.1, 0.15) is 11.1 Å². The lowest BCUT2D eigenvalue weighted by Crippen LogP contribution is -2.29. The molecule has 0 aliphatic carbocycles. The molecule has 0 aromatic heterocycles. The first-order valence-corrected chi connectivity index (χ1v) is 6.43. The van der Waals surface area contributed by atoms with Crippen LogP contribution in [0.2, 0.25) is 5.02 Å². The van der Waals surface area contributed by atoms with Crippen molar-refractivity contribution in [1.29, 1.82) is 0 Å². The van der Waals surface area contributed by atoms with Gasteiger partial charge in [-0.3, -0.25) is 0 Å². The van der Waals surface area contributed by atoms with Gasteiger partial charge in [-0.15, -0.1) is 0 Å². The Balaban J connectivity index is 2.62. The average Bonchev–Trinajstić information content (AvgIpc) is 2.44. The van der Waals surface area contributed by atoms with E-state index in [0.717, 1.165) is 6.07 Å². The van der Waals surface area contributed by atoms with Gasteiger partial charge in [-0.2, -0.15) is 0 Å². The van der Waals surface area contributed by atoms with E-state index < -0.39 is 5.79 Å². The molecular weight excluding hydrogens is 296 g/mol. The van der Waals surface area contributed by atoms with E-state index >= 15 is 0 Å². The van der Waals surface area contributed by atoms with Crippen LogP contribution >= 0.6 is 11.6 Å². The minimum Gasteiger partial charge on any atom is -0.508 e. The molecule has 0 saturated carbocycles. The van der Waals surface area contributed by atoms with Crippen LogP contribution in [0.15, 0.2) is 36.4 Å². The molecule has 5 nitrogen and oxygen atoms in total. The summed E-state index contributed by atoms with van der Waals surface area (Å²) >= 11 is 6.00. The molecule has 0 aliphatic heterocycles. The van der Waals surface area contributed by atoms with Gasteiger partial charge in [0.05, 0.1) is 7.11 Å². The van der Waals surface area contributed by atoms with E-state index in [4.69, 9.17) is 21.1 Å². The summed E-state index contributed by atoms with van der Waals surface area (Å²) in [6.07, 6.45) is 0. The molecule has 0 fully saturated rings. The first-order chi connectivity index (χ1) is 9.88. The number of methoxy groups -OCH3 is 2. The molecule has 0 saturated heterocycles. The predicted molar refractivity (Wildman–Crippen MR) is 77.8 cm³/mol. The fraction of sp³-hybridized carbons (Fsp3) is 0.200. The van der Waals surface area contributed by atoms with Crippen molar-refractivity contribution < 1.29 is 24.8 Å². The Morgan fingerprint density at radius 3 is 2.00 bits per heavy atom. The van der Waals surface area contributed by atoms with Crippen LogP contribution in [0.3, 0.4) is 0 Å². The number of aliphatic hydroxyl groups is 1. The normalized spacial score (nSPS) is 13.7. The molecule has 0 spiro atoms. The number of hydrogen-bond donors (Lipinski definition) is 3. The third-order valence-electron chi connectivity index (χ3n) is 3.09. The lowest BCUT2D eigenvalue weighted by molar-refractivity contribution is -0.160. The maximum Gasteiger partial charge on any atom is 0.220 e. The largest absolute Gasteiger partial charge is 0.508 e. The zero-order valence-corrected chi connectivity index (χ0v) is 12.3. The highest BCUT2D eigenvalue weighted by Crippen LogP contribution is 2.37. The number of phenols is 2. The monoisotopic (exact) mass is 310 g/mol. The molecule has 0 radical (unpaired) electrons. The van der Waals surface area contributed by atoms with Crippen molar-refractivity contribution >= 4 is 11.6 Å². The number of phenolic OH excluding ortho intramolecular Hbond substituents is 2. The quantitative estimate of drug-likeness (QED) is 0.757. The zero-order chi connectivity index (χ0) is 15.6. The van der Waals surface area contributed by atoms with Gasteiger partial charge in [-0.1, -0.05) is 11.6 Å². The average molecular weight is 311 g/mol. The SMILES string of the molecule is COc1cc(Cl)cc(C(O)(OC)c2cc(O)cc(O)c2)c1. The summed E-state index contributed by atoms with van der Waals surface area (Å²) in [6, 6.07) is 8.37. The van der Waals surface area contributed by atoms with Crippen molar-refractivity contribution in [2.45, 2.75) is 5.79 Å². The highest BCUT2D eigenvalue weighted by atomic mass is 35.5. The Bertz CT molecular complexity index is 638. The van der Waals surface area contributed by atoms with Crippen LogP contribution in [-0.4, -0.2) is 29.5 Å². The van der Waals surface area contributed by atoms with Crippen LogP contribution in [-0.2, 0) is 10.5 Å². The van der Waals surface area contributed by atoms with Crippen molar-refractivity contribution in [2.24, 2.45) is 0 Å². The molecule has 0 bridgehead atoms. The summed E-state index contributed by atoms with van der Waals surface area (Å²) in [4.78, 5) is 0. The third kappa shape index (κ3) is 3.05. The minimum atomic E-state index is -1.89. The van der Waals surface area contributed by atoms with Gasteiger partial charge in [0.1, 0.15) is 17.2 Å².